The Morgan fingerprint density at radius 1 is 1.42 bits per heavy atom. The van der Waals surface area contributed by atoms with Gasteiger partial charge in [0.25, 0.3) is 5.91 Å². The van der Waals surface area contributed by atoms with Crippen LogP contribution in [-0.2, 0) is 4.79 Å². The minimum atomic E-state index is -5.14. The summed E-state index contributed by atoms with van der Waals surface area (Å²) in [6, 6.07) is 2.86. The highest BCUT2D eigenvalue weighted by atomic mass is 79.9. The highest BCUT2D eigenvalue weighted by Gasteiger charge is 2.58. The molecule has 1 heterocycles. The number of carboxylic acid groups (broad SMARTS) is 1. The molecule has 1 aromatic rings. The van der Waals surface area contributed by atoms with E-state index in [1.165, 1.54) is 23.6 Å². The summed E-state index contributed by atoms with van der Waals surface area (Å²) in [4.78, 5) is 26.0. The van der Waals surface area contributed by atoms with Gasteiger partial charge in [0.05, 0.1) is 0 Å². The van der Waals surface area contributed by atoms with E-state index in [4.69, 9.17) is 5.11 Å². The van der Waals surface area contributed by atoms with Crippen molar-refractivity contribution < 1.29 is 27.9 Å². The van der Waals surface area contributed by atoms with Gasteiger partial charge >= 0.3 is 12.1 Å². The number of alkyl halides is 3. The molecule has 1 aromatic heterocycles. The molecule has 5 nitrogen and oxygen atoms in total. The molecule has 0 fully saturated rings. The number of pyridine rings is 1. The Kier molecular flexibility index (Phi) is 4.18. The van der Waals surface area contributed by atoms with Gasteiger partial charge in [-0.2, -0.15) is 13.2 Å². The van der Waals surface area contributed by atoms with Crippen molar-refractivity contribution >= 4 is 27.8 Å². The summed E-state index contributed by atoms with van der Waals surface area (Å²) in [6.07, 6.45) is -3.94. The van der Waals surface area contributed by atoms with Gasteiger partial charge in [-0.3, -0.25) is 4.79 Å². The maximum atomic E-state index is 12.7. The van der Waals surface area contributed by atoms with Crippen molar-refractivity contribution in [2.45, 2.75) is 18.6 Å². The number of carbonyl (C=O) groups is 2. The van der Waals surface area contributed by atoms with E-state index in [1.807, 2.05) is 0 Å². The molecular formula is C10H8BrF3N2O3. The summed E-state index contributed by atoms with van der Waals surface area (Å²) in [7, 11) is 0. The van der Waals surface area contributed by atoms with Crippen molar-refractivity contribution in [2.24, 2.45) is 0 Å². The number of aliphatic carboxylic acids is 1. The first-order chi connectivity index (χ1) is 8.59. The Hall–Kier alpha value is -1.64. The second-order valence-electron chi connectivity index (χ2n) is 3.72. The SMILES string of the molecule is CC(NC(=O)c1ncccc1Br)(C(=O)O)C(F)(F)F. The van der Waals surface area contributed by atoms with Gasteiger partial charge in [0, 0.05) is 10.7 Å². The van der Waals surface area contributed by atoms with Crippen LogP contribution in [0.4, 0.5) is 13.2 Å². The van der Waals surface area contributed by atoms with E-state index in [-0.39, 0.29) is 10.2 Å². The molecule has 19 heavy (non-hydrogen) atoms. The molecule has 0 spiro atoms. The lowest BCUT2D eigenvalue weighted by molar-refractivity contribution is -0.203. The van der Waals surface area contributed by atoms with Gasteiger partial charge in [0.15, 0.2) is 0 Å². The molecule has 0 aliphatic carbocycles. The maximum Gasteiger partial charge on any atom is 0.422 e. The normalized spacial score (nSPS) is 14.6. The molecule has 9 heteroatoms. The predicted molar refractivity (Wildman–Crippen MR) is 61.5 cm³/mol. The number of rotatable bonds is 3. The van der Waals surface area contributed by atoms with Crippen molar-refractivity contribution in [3.8, 4) is 0 Å². The van der Waals surface area contributed by atoms with Crippen LogP contribution < -0.4 is 5.32 Å². The number of nitrogens with zero attached hydrogens (tertiary/aromatic N) is 1. The highest BCUT2D eigenvalue weighted by Crippen LogP contribution is 2.31. The summed E-state index contributed by atoms with van der Waals surface area (Å²) in [6.45, 7) is 0.365. The Morgan fingerprint density at radius 2 is 2.00 bits per heavy atom. The number of hydrogen-bond donors (Lipinski definition) is 2. The fourth-order valence-electron chi connectivity index (χ4n) is 1.08. The standard InChI is InChI=1S/C10H8BrF3N2O3/c1-9(8(18)19,10(12,13)14)16-7(17)6-5(11)3-2-4-15-6/h2-4H,1H3,(H,16,17)(H,18,19). The van der Waals surface area contributed by atoms with E-state index in [0.29, 0.717) is 6.92 Å². The Balaban J connectivity index is 3.10. The van der Waals surface area contributed by atoms with Crippen LogP contribution in [0.3, 0.4) is 0 Å². The molecule has 1 amide bonds. The first-order valence-corrected chi connectivity index (χ1v) is 5.62. The van der Waals surface area contributed by atoms with Gasteiger partial charge in [-0.05, 0) is 35.0 Å². The van der Waals surface area contributed by atoms with Gasteiger partial charge < -0.3 is 10.4 Å². The molecule has 1 rings (SSSR count). The van der Waals surface area contributed by atoms with Gasteiger partial charge in [-0.15, -0.1) is 0 Å². The average molecular weight is 341 g/mol. The molecule has 0 saturated heterocycles. The second-order valence-corrected chi connectivity index (χ2v) is 4.57. The van der Waals surface area contributed by atoms with E-state index in [0.717, 1.165) is 0 Å². The molecule has 0 aromatic carbocycles. The lowest BCUT2D eigenvalue weighted by Gasteiger charge is -2.28. The number of carboxylic acids is 1. The van der Waals surface area contributed by atoms with Crippen LogP contribution in [0.2, 0.25) is 0 Å². The van der Waals surface area contributed by atoms with Crippen molar-refractivity contribution in [1.82, 2.24) is 10.3 Å². The smallest absolute Gasteiger partial charge is 0.422 e. The largest absolute Gasteiger partial charge is 0.479 e. The zero-order valence-electron chi connectivity index (χ0n) is 9.45. The molecular weight excluding hydrogens is 333 g/mol. The van der Waals surface area contributed by atoms with Crippen LogP contribution in [0.5, 0.6) is 0 Å². The van der Waals surface area contributed by atoms with E-state index >= 15 is 0 Å². The molecule has 0 bridgehead atoms. The summed E-state index contributed by atoms with van der Waals surface area (Å²) in [5, 5.41) is 10.1. The molecule has 2 N–H and O–H groups in total. The number of aromatic nitrogens is 1. The van der Waals surface area contributed by atoms with Crippen LogP contribution in [0.15, 0.2) is 22.8 Å². The second kappa shape index (κ2) is 5.16. The topological polar surface area (TPSA) is 79.3 Å². The molecule has 104 valence electrons. The molecule has 0 aliphatic heterocycles. The van der Waals surface area contributed by atoms with Crippen LogP contribution in [0.25, 0.3) is 0 Å². The maximum absolute atomic E-state index is 12.7. The summed E-state index contributed by atoms with van der Waals surface area (Å²) >= 11 is 2.94. The van der Waals surface area contributed by atoms with Crippen LogP contribution in [0.1, 0.15) is 17.4 Å². The number of carbonyl (C=O) groups excluding carboxylic acids is 1. The summed E-state index contributed by atoms with van der Waals surface area (Å²) < 4.78 is 38.3. The van der Waals surface area contributed by atoms with E-state index in [1.54, 1.807) is 0 Å². The Labute approximate surface area is 114 Å². The first-order valence-electron chi connectivity index (χ1n) is 4.82. The highest BCUT2D eigenvalue weighted by molar-refractivity contribution is 9.10. The van der Waals surface area contributed by atoms with Crippen molar-refractivity contribution in [3.63, 3.8) is 0 Å². The quantitative estimate of drug-likeness (QED) is 0.881. The average Bonchev–Trinajstić information content (AvgIpc) is 2.27. The minimum absolute atomic E-state index is 0.155. The number of nitrogens with one attached hydrogen (secondary N) is 1. The Bertz CT molecular complexity index is 521. The third-order valence-corrected chi connectivity index (χ3v) is 2.97. The van der Waals surface area contributed by atoms with Crippen molar-refractivity contribution in [2.75, 3.05) is 0 Å². The molecule has 0 saturated carbocycles. The zero-order chi connectivity index (χ0) is 14.8. The van der Waals surface area contributed by atoms with Gasteiger partial charge in [-0.1, -0.05) is 0 Å². The monoisotopic (exact) mass is 340 g/mol. The number of halogens is 4. The fourth-order valence-corrected chi connectivity index (χ4v) is 1.52. The van der Waals surface area contributed by atoms with Crippen molar-refractivity contribution in [1.29, 1.82) is 0 Å². The lowest BCUT2D eigenvalue weighted by atomic mass is 10.0. The summed E-state index contributed by atoms with van der Waals surface area (Å²) in [5.41, 5.74) is -3.72. The summed E-state index contributed by atoms with van der Waals surface area (Å²) in [5.74, 6) is -3.45. The van der Waals surface area contributed by atoms with E-state index in [2.05, 4.69) is 20.9 Å². The molecule has 0 radical (unpaired) electrons. The van der Waals surface area contributed by atoms with Crippen LogP contribution in [0, 0.1) is 0 Å². The van der Waals surface area contributed by atoms with Gasteiger partial charge in [0.2, 0.25) is 5.54 Å². The molecule has 1 atom stereocenters. The minimum Gasteiger partial charge on any atom is -0.479 e. The molecule has 0 aliphatic rings. The fraction of sp³-hybridized carbons (Fsp3) is 0.300. The Morgan fingerprint density at radius 3 is 2.42 bits per heavy atom. The number of amides is 1. The van der Waals surface area contributed by atoms with Crippen LogP contribution >= 0.6 is 15.9 Å². The first kappa shape index (κ1) is 15.4. The third kappa shape index (κ3) is 3.03. The zero-order valence-corrected chi connectivity index (χ0v) is 11.0. The molecule has 1 unspecified atom stereocenters. The van der Waals surface area contributed by atoms with E-state index < -0.39 is 23.6 Å². The van der Waals surface area contributed by atoms with E-state index in [9.17, 15) is 22.8 Å². The van der Waals surface area contributed by atoms with Gasteiger partial charge in [-0.25, -0.2) is 9.78 Å². The number of hydrogen-bond acceptors (Lipinski definition) is 3. The van der Waals surface area contributed by atoms with Crippen molar-refractivity contribution in [3.05, 3.63) is 28.5 Å². The lowest BCUT2D eigenvalue weighted by Crippen LogP contribution is -2.62. The third-order valence-electron chi connectivity index (χ3n) is 2.33. The van der Waals surface area contributed by atoms with Crippen LogP contribution in [-0.4, -0.2) is 33.7 Å². The predicted octanol–water partition coefficient (Wildman–Crippen LogP) is 1.98. The van der Waals surface area contributed by atoms with Gasteiger partial charge in [0.1, 0.15) is 5.69 Å².